The number of benzene rings is 2. The molecule has 1 fully saturated rings. The number of amides is 1. The Kier molecular flexibility index (Phi) is 6.50. The predicted octanol–water partition coefficient (Wildman–Crippen LogP) is 2.48. The lowest BCUT2D eigenvalue weighted by molar-refractivity contribution is -0.129. The van der Waals surface area contributed by atoms with E-state index in [-0.39, 0.29) is 5.91 Å². The molecule has 0 aromatic heterocycles. The topological polar surface area (TPSA) is 43.8 Å². The lowest BCUT2D eigenvalue weighted by Gasteiger charge is -2.21. The maximum atomic E-state index is 12.5. The first-order chi connectivity index (χ1) is 12.2. The third kappa shape index (κ3) is 5.59. The van der Waals surface area contributed by atoms with Gasteiger partial charge in [-0.1, -0.05) is 48.5 Å². The summed E-state index contributed by atoms with van der Waals surface area (Å²) in [7, 11) is 0. The van der Waals surface area contributed by atoms with Crippen LogP contribution < -0.4 is 0 Å². The Labute approximate surface area is 153 Å². The first-order valence-corrected chi connectivity index (χ1v) is 9.59. The molecule has 1 heterocycles. The van der Waals surface area contributed by atoms with E-state index in [0.29, 0.717) is 25.4 Å². The summed E-state index contributed by atoms with van der Waals surface area (Å²) in [6.07, 6.45) is -0.503. The second kappa shape index (κ2) is 9.04. The minimum Gasteiger partial charge on any atom is -0.390 e. The van der Waals surface area contributed by atoms with E-state index in [0.717, 1.165) is 18.0 Å². The van der Waals surface area contributed by atoms with Gasteiger partial charge in [0.1, 0.15) is 0 Å². The zero-order valence-corrected chi connectivity index (χ0v) is 15.1. The highest BCUT2D eigenvalue weighted by atomic mass is 32.2. The highest BCUT2D eigenvalue weighted by molar-refractivity contribution is 8.00. The average Bonchev–Trinajstić information content (AvgIpc) is 2.82. The highest BCUT2D eigenvalue weighted by Crippen LogP contribution is 2.18. The van der Waals surface area contributed by atoms with Crippen molar-refractivity contribution in [2.75, 3.05) is 31.9 Å². The SMILES string of the molecule is O=C(CSc1ccccc1)N1CCN(Cc2ccccc2)CC(O)C1. The van der Waals surface area contributed by atoms with Crippen molar-refractivity contribution >= 4 is 17.7 Å². The fourth-order valence-electron chi connectivity index (χ4n) is 3.02. The monoisotopic (exact) mass is 356 g/mol. The van der Waals surface area contributed by atoms with Crippen molar-refractivity contribution in [3.63, 3.8) is 0 Å². The van der Waals surface area contributed by atoms with E-state index in [1.807, 2.05) is 48.5 Å². The van der Waals surface area contributed by atoms with E-state index in [4.69, 9.17) is 0 Å². The quantitative estimate of drug-likeness (QED) is 0.836. The van der Waals surface area contributed by atoms with E-state index >= 15 is 0 Å². The lowest BCUT2D eigenvalue weighted by Crippen LogP contribution is -2.38. The van der Waals surface area contributed by atoms with Crippen molar-refractivity contribution in [1.29, 1.82) is 0 Å². The summed E-state index contributed by atoms with van der Waals surface area (Å²) in [5.74, 6) is 0.504. The molecule has 1 unspecified atom stereocenters. The Bertz CT molecular complexity index is 666. The fourth-order valence-corrected chi connectivity index (χ4v) is 3.84. The molecule has 25 heavy (non-hydrogen) atoms. The summed E-state index contributed by atoms with van der Waals surface area (Å²) in [5.41, 5.74) is 1.23. The summed E-state index contributed by atoms with van der Waals surface area (Å²) in [6.45, 7) is 3.27. The number of aliphatic hydroxyl groups is 1. The second-order valence-electron chi connectivity index (χ2n) is 6.32. The molecule has 5 heteroatoms. The maximum Gasteiger partial charge on any atom is 0.233 e. The molecule has 4 nitrogen and oxygen atoms in total. The molecule has 1 N–H and O–H groups in total. The fraction of sp³-hybridized carbons (Fsp3) is 0.350. The van der Waals surface area contributed by atoms with Gasteiger partial charge in [-0.15, -0.1) is 11.8 Å². The Morgan fingerprint density at radius 1 is 1.00 bits per heavy atom. The van der Waals surface area contributed by atoms with Crippen molar-refractivity contribution < 1.29 is 9.90 Å². The van der Waals surface area contributed by atoms with Gasteiger partial charge in [-0.3, -0.25) is 9.69 Å². The second-order valence-corrected chi connectivity index (χ2v) is 7.36. The Morgan fingerprint density at radius 2 is 1.68 bits per heavy atom. The van der Waals surface area contributed by atoms with Crippen LogP contribution in [0.1, 0.15) is 5.56 Å². The highest BCUT2D eigenvalue weighted by Gasteiger charge is 2.24. The van der Waals surface area contributed by atoms with Gasteiger partial charge in [0.25, 0.3) is 0 Å². The molecular formula is C20H24N2O2S. The number of carbonyl (C=O) groups is 1. The number of aliphatic hydroxyl groups excluding tert-OH is 1. The smallest absolute Gasteiger partial charge is 0.233 e. The summed E-state index contributed by atoms with van der Waals surface area (Å²) in [4.78, 5) is 17.6. The molecule has 0 bridgehead atoms. The molecule has 1 atom stereocenters. The van der Waals surface area contributed by atoms with Gasteiger partial charge in [0.15, 0.2) is 0 Å². The summed E-state index contributed by atoms with van der Waals surface area (Å²) < 4.78 is 0. The lowest BCUT2D eigenvalue weighted by atomic mass is 10.2. The molecule has 1 aliphatic rings. The zero-order valence-electron chi connectivity index (χ0n) is 14.3. The van der Waals surface area contributed by atoms with Gasteiger partial charge in [-0.25, -0.2) is 0 Å². The van der Waals surface area contributed by atoms with Crippen molar-refractivity contribution in [3.8, 4) is 0 Å². The number of nitrogens with zero attached hydrogens (tertiary/aromatic N) is 2. The Balaban J connectivity index is 1.52. The number of β-amino-alcohol motifs (C(OH)–C–C–N with tert-alkyl or cyclic N) is 1. The van der Waals surface area contributed by atoms with Gasteiger partial charge >= 0.3 is 0 Å². The van der Waals surface area contributed by atoms with Crippen molar-refractivity contribution in [2.24, 2.45) is 0 Å². The molecule has 1 saturated heterocycles. The van der Waals surface area contributed by atoms with Gasteiger partial charge in [-0.05, 0) is 17.7 Å². The zero-order chi connectivity index (χ0) is 17.5. The molecule has 0 radical (unpaired) electrons. The number of rotatable bonds is 5. The van der Waals surface area contributed by atoms with E-state index < -0.39 is 6.10 Å². The number of hydrogen-bond acceptors (Lipinski definition) is 4. The molecule has 3 rings (SSSR count). The van der Waals surface area contributed by atoms with Crippen molar-refractivity contribution in [1.82, 2.24) is 9.80 Å². The van der Waals surface area contributed by atoms with Crippen LogP contribution in [0.25, 0.3) is 0 Å². The normalized spacial score (nSPS) is 18.8. The molecule has 132 valence electrons. The van der Waals surface area contributed by atoms with Crippen LogP contribution in [0.3, 0.4) is 0 Å². The van der Waals surface area contributed by atoms with Crippen LogP contribution in [0, 0.1) is 0 Å². The third-order valence-electron chi connectivity index (χ3n) is 4.29. The Morgan fingerprint density at radius 3 is 2.40 bits per heavy atom. The van der Waals surface area contributed by atoms with E-state index in [1.165, 1.54) is 5.56 Å². The number of hydrogen-bond donors (Lipinski definition) is 1. The third-order valence-corrected chi connectivity index (χ3v) is 5.29. The number of carbonyl (C=O) groups excluding carboxylic acids is 1. The number of thioether (sulfide) groups is 1. The van der Waals surface area contributed by atoms with Gasteiger partial charge in [0.2, 0.25) is 5.91 Å². The average molecular weight is 356 g/mol. The van der Waals surface area contributed by atoms with Crippen LogP contribution in [0.15, 0.2) is 65.6 Å². The molecular weight excluding hydrogens is 332 g/mol. The molecule has 1 aliphatic heterocycles. The van der Waals surface area contributed by atoms with Crippen LogP contribution in [-0.2, 0) is 11.3 Å². The maximum absolute atomic E-state index is 12.5. The summed E-state index contributed by atoms with van der Waals surface area (Å²) in [6, 6.07) is 20.2. The molecule has 2 aromatic rings. The Hall–Kier alpha value is -1.82. The first kappa shape index (κ1) is 18.0. The standard InChI is InChI=1S/C20H24N2O2S/c23-18-14-21(13-17-7-3-1-4-8-17)11-12-22(15-18)20(24)16-25-19-9-5-2-6-10-19/h1-10,18,23H,11-16H2. The minimum atomic E-state index is -0.503. The molecule has 0 spiro atoms. The predicted molar refractivity (Wildman–Crippen MR) is 101 cm³/mol. The van der Waals surface area contributed by atoms with E-state index in [2.05, 4.69) is 17.0 Å². The van der Waals surface area contributed by atoms with Crippen LogP contribution in [0.5, 0.6) is 0 Å². The van der Waals surface area contributed by atoms with Gasteiger partial charge in [-0.2, -0.15) is 0 Å². The largest absolute Gasteiger partial charge is 0.390 e. The summed E-state index contributed by atoms with van der Waals surface area (Å²) >= 11 is 1.55. The summed E-state index contributed by atoms with van der Waals surface area (Å²) in [5, 5.41) is 10.3. The van der Waals surface area contributed by atoms with Crippen molar-refractivity contribution in [3.05, 3.63) is 66.2 Å². The first-order valence-electron chi connectivity index (χ1n) is 8.60. The van der Waals surface area contributed by atoms with Gasteiger partial charge in [0.05, 0.1) is 11.9 Å². The molecule has 2 aromatic carbocycles. The van der Waals surface area contributed by atoms with E-state index in [9.17, 15) is 9.90 Å². The molecule has 0 aliphatic carbocycles. The van der Waals surface area contributed by atoms with Crippen LogP contribution in [0.4, 0.5) is 0 Å². The van der Waals surface area contributed by atoms with Gasteiger partial charge < -0.3 is 10.0 Å². The van der Waals surface area contributed by atoms with Crippen LogP contribution in [0.2, 0.25) is 0 Å². The van der Waals surface area contributed by atoms with Crippen molar-refractivity contribution in [2.45, 2.75) is 17.5 Å². The molecule has 0 saturated carbocycles. The molecule has 1 amide bonds. The van der Waals surface area contributed by atoms with E-state index in [1.54, 1.807) is 16.7 Å². The van der Waals surface area contributed by atoms with Crippen LogP contribution >= 0.6 is 11.8 Å². The van der Waals surface area contributed by atoms with Crippen LogP contribution in [-0.4, -0.2) is 58.8 Å². The van der Waals surface area contributed by atoms with Gasteiger partial charge in [0, 0.05) is 37.6 Å². The minimum absolute atomic E-state index is 0.0921.